The molecule has 0 aliphatic rings. The Morgan fingerprint density at radius 1 is 0.667 bits per heavy atom. The van der Waals surface area contributed by atoms with Crippen LogP contribution in [0.3, 0.4) is 0 Å². The van der Waals surface area contributed by atoms with Gasteiger partial charge < -0.3 is 5.32 Å². The van der Waals surface area contributed by atoms with Crippen molar-refractivity contribution in [3.05, 3.63) is 95.6 Å². The molecule has 236 valence electrons. The van der Waals surface area contributed by atoms with Crippen LogP contribution in [0.4, 0.5) is 36.4 Å². The van der Waals surface area contributed by atoms with E-state index in [1.54, 1.807) is 38.1 Å². The minimum atomic E-state index is -4.49. The molecule has 0 unspecified atom stereocenters. The first-order chi connectivity index (χ1) is 21.0. The normalized spacial score (nSPS) is 13.0. The molecule has 0 fully saturated rings. The number of aromatic nitrogens is 2. The fraction of sp³-hybridized carbons (Fsp3) is 0.172. The van der Waals surface area contributed by atoms with Gasteiger partial charge in [0.25, 0.3) is 0 Å². The summed E-state index contributed by atoms with van der Waals surface area (Å²) in [5.74, 6) is 0.400. The molecule has 0 saturated carbocycles. The maximum atomic E-state index is 13.0. The number of halogens is 3. The third kappa shape index (κ3) is 9.09. The number of anilines is 4. The van der Waals surface area contributed by atoms with E-state index in [1.807, 2.05) is 0 Å². The fourth-order valence-corrected chi connectivity index (χ4v) is 5.05. The maximum absolute atomic E-state index is 13.0. The van der Waals surface area contributed by atoms with Gasteiger partial charge in [0, 0.05) is 24.3 Å². The number of hydrogen-bond donors (Lipinski definition) is 3. The summed E-state index contributed by atoms with van der Waals surface area (Å²) in [5.41, 5.74) is 7.40. The van der Waals surface area contributed by atoms with Gasteiger partial charge in [0.1, 0.15) is 0 Å². The topological polar surface area (TPSA) is 155 Å². The number of nitrogens with one attached hydrogen (secondary N) is 3. The van der Waals surface area contributed by atoms with Crippen molar-refractivity contribution in [2.45, 2.75) is 29.8 Å². The highest BCUT2D eigenvalue weighted by Gasteiger charge is 2.30. The van der Waals surface area contributed by atoms with Gasteiger partial charge in [-0.2, -0.15) is 33.3 Å². The van der Waals surface area contributed by atoms with E-state index in [0.717, 1.165) is 24.6 Å². The molecule has 1 heterocycles. The number of hydrazone groups is 2. The minimum absolute atomic E-state index is 0.0120. The zero-order valence-electron chi connectivity index (χ0n) is 24.4. The van der Waals surface area contributed by atoms with Gasteiger partial charge in [-0.25, -0.2) is 16.8 Å². The summed E-state index contributed by atoms with van der Waals surface area (Å²) in [6.07, 6.45) is -2.26. The summed E-state index contributed by atoms with van der Waals surface area (Å²) >= 11 is 0. The molecule has 45 heavy (non-hydrogen) atoms. The summed E-state index contributed by atoms with van der Waals surface area (Å²) in [5, 5.41) is 11.5. The standard InChI is InChI=1S/C29H28F3N7O4S2/c1-18(20-5-13-24(14-6-20)44(3,40)41)36-38-26-17-27(39-37-19(2)21-7-15-25(16-8-21)45(4,42)43)35-28(34-26)33-23-11-9-22(10-12-23)29(30,31)32/h5-17H,1-4H3,(H3,33,34,35,38,39). The Kier molecular flexibility index (Phi) is 9.58. The quantitative estimate of drug-likeness (QED) is 0.143. The lowest BCUT2D eigenvalue weighted by Crippen LogP contribution is -2.07. The summed E-state index contributed by atoms with van der Waals surface area (Å²) < 4.78 is 86.0. The molecule has 3 aromatic carbocycles. The molecule has 0 radical (unpaired) electrons. The van der Waals surface area contributed by atoms with Gasteiger partial charge in [-0.3, -0.25) is 10.9 Å². The van der Waals surface area contributed by atoms with Crippen LogP contribution in [0.1, 0.15) is 30.5 Å². The Hall–Kier alpha value is -4.83. The van der Waals surface area contributed by atoms with E-state index in [1.165, 1.54) is 42.5 Å². The molecule has 3 N–H and O–H groups in total. The van der Waals surface area contributed by atoms with Crippen molar-refractivity contribution in [3.8, 4) is 0 Å². The van der Waals surface area contributed by atoms with Crippen LogP contribution in [0.2, 0.25) is 0 Å². The van der Waals surface area contributed by atoms with Crippen LogP contribution in [0, 0.1) is 0 Å². The Morgan fingerprint density at radius 2 is 1.07 bits per heavy atom. The Balaban J connectivity index is 1.61. The first-order valence-electron chi connectivity index (χ1n) is 13.0. The Morgan fingerprint density at radius 3 is 1.42 bits per heavy atom. The molecule has 4 aromatic rings. The van der Waals surface area contributed by atoms with Gasteiger partial charge >= 0.3 is 6.18 Å². The van der Waals surface area contributed by atoms with Crippen molar-refractivity contribution in [2.75, 3.05) is 28.7 Å². The summed E-state index contributed by atoms with van der Waals surface area (Å²) in [6.45, 7) is 3.40. The zero-order valence-corrected chi connectivity index (χ0v) is 26.0. The number of alkyl halides is 3. The van der Waals surface area contributed by atoms with Crippen molar-refractivity contribution in [2.24, 2.45) is 10.2 Å². The van der Waals surface area contributed by atoms with E-state index in [2.05, 4.69) is 36.3 Å². The van der Waals surface area contributed by atoms with Crippen molar-refractivity contribution in [1.29, 1.82) is 0 Å². The average Bonchev–Trinajstić information content (AvgIpc) is 2.97. The van der Waals surface area contributed by atoms with Crippen molar-refractivity contribution < 1.29 is 30.0 Å². The van der Waals surface area contributed by atoms with Gasteiger partial charge in [0.2, 0.25) is 5.95 Å². The monoisotopic (exact) mass is 659 g/mol. The Labute approximate surface area is 258 Å². The van der Waals surface area contributed by atoms with E-state index in [-0.39, 0.29) is 27.4 Å². The third-order valence-electron chi connectivity index (χ3n) is 6.27. The second-order valence-corrected chi connectivity index (χ2v) is 13.9. The van der Waals surface area contributed by atoms with Crippen LogP contribution in [0.25, 0.3) is 0 Å². The molecule has 0 aliphatic carbocycles. The van der Waals surface area contributed by atoms with Gasteiger partial charge in [0.15, 0.2) is 31.3 Å². The van der Waals surface area contributed by atoms with Gasteiger partial charge in [-0.15, -0.1) is 0 Å². The molecule has 0 saturated heterocycles. The lowest BCUT2D eigenvalue weighted by molar-refractivity contribution is -0.137. The van der Waals surface area contributed by atoms with Crippen molar-refractivity contribution in [3.63, 3.8) is 0 Å². The van der Waals surface area contributed by atoms with E-state index in [0.29, 0.717) is 28.2 Å². The molecular weight excluding hydrogens is 631 g/mol. The molecule has 4 rings (SSSR count). The highest BCUT2D eigenvalue weighted by molar-refractivity contribution is 7.91. The van der Waals surface area contributed by atoms with E-state index < -0.39 is 31.4 Å². The predicted octanol–water partition coefficient (Wildman–Crippen LogP) is 5.72. The molecule has 11 nitrogen and oxygen atoms in total. The second-order valence-electron chi connectivity index (χ2n) is 9.87. The van der Waals surface area contributed by atoms with Crippen LogP contribution < -0.4 is 16.2 Å². The van der Waals surface area contributed by atoms with Gasteiger partial charge in [-0.1, -0.05) is 24.3 Å². The highest BCUT2D eigenvalue weighted by atomic mass is 32.2. The lowest BCUT2D eigenvalue weighted by Gasteiger charge is -2.11. The second kappa shape index (κ2) is 13.0. The summed E-state index contributed by atoms with van der Waals surface area (Å²) in [7, 11) is -6.72. The van der Waals surface area contributed by atoms with Crippen molar-refractivity contribution >= 4 is 54.4 Å². The van der Waals surface area contributed by atoms with E-state index in [9.17, 15) is 30.0 Å². The highest BCUT2D eigenvalue weighted by Crippen LogP contribution is 2.30. The molecule has 0 aliphatic heterocycles. The van der Waals surface area contributed by atoms with Crippen LogP contribution in [0.15, 0.2) is 98.9 Å². The number of benzene rings is 3. The minimum Gasteiger partial charge on any atom is -0.324 e. The number of rotatable bonds is 10. The smallest absolute Gasteiger partial charge is 0.324 e. The van der Waals surface area contributed by atoms with Crippen LogP contribution >= 0.6 is 0 Å². The molecular formula is C29H28F3N7O4S2. The molecule has 1 aromatic heterocycles. The Bertz CT molecular complexity index is 1850. The summed E-state index contributed by atoms with van der Waals surface area (Å²) in [6, 6.07) is 18.2. The molecule has 0 bridgehead atoms. The number of nitrogens with zero attached hydrogens (tertiary/aromatic N) is 4. The lowest BCUT2D eigenvalue weighted by atomic mass is 10.1. The SMILES string of the molecule is CC(=NNc1cc(NN=C(C)c2ccc(S(C)(=O)=O)cc2)nc(Nc2ccc(C(F)(F)F)cc2)n1)c1ccc(S(C)(=O)=O)cc1. The van der Waals surface area contributed by atoms with Crippen LogP contribution in [-0.4, -0.2) is 50.7 Å². The first kappa shape index (κ1) is 33.1. The molecule has 0 atom stereocenters. The maximum Gasteiger partial charge on any atom is 0.416 e. The summed E-state index contributed by atoms with van der Waals surface area (Å²) in [4.78, 5) is 9.02. The first-order valence-corrected chi connectivity index (χ1v) is 16.8. The van der Waals surface area contributed by atoms with Gasteiger partial charge in [0.05, 0.1) is 26.8 Å². The third-order valence-corrected chi connectivity index (χ3v) is 8.53. The molecule has 0 amide bonds. The van der Waals surface area contributed by atoms with Crippen LogP contribution in [0.5, 0.6) is 0 Å². The van der Waals surface area contributed by atoms with E-state index >= 15 is 0 Å². The van der Waals surface area contributed by atoms with E-state index in [4.69, 9.17) is 0 Å². The molecule has 0 spiro atoms. The largest absolute Gasteiger partial charge is 0.416 e. The molecule has 16 heteroatoms. The average molecular weight is 660 g/mol. The van der Waals surface area contributed by atoms with Gasteiger partial charge in [-0.05, 0) is 73.5 Å². The zero-order chi connectivity index (χ0) is 33.0. The number of sulfone groups is 2. The van der Waals surface area contributed by atoms with Crippen molar-refractivity contribution in [1.82, 2.24) is 9.97 Å². The van der Waals surface area contributed by atoms with Crippen LogP contribution in [-0.2, 0) is 25.9 Å². The fourth-order valence-electron chi connectivity index (χ4n) is 3.79. The predicted molar refractivity (Wildman–Crippen MR) is 168 cm³/mol. The number of hydrogen-bond acceptors (Lipinski definition) is 11.